The molecule has 0 bridgehead atoms. The van der Waals surface area contributed by atoms with E-state index in [1.165, 1.54) is 12.5 Å². The normalized spacial score (nSPS) is 10.8. The van der Waals surface area contributed by atoms with Crippen LogP contribution in [0.25, 0.3) is 0 Å². The summed E-state index contributed by atoms with van der Waals surface area (Å²) in [5.41, 5.74) is 1.06. The quantitative estimate of drug-likeness (QED) is 0.698. The lowest BCUT2D eigenvalue weighted by Crippen LogP contribution is -2.21. The molecule has 4 nitrogen and oxygen atoms in total. The number of hydrogen-bond acceptors (Lipinski definition) is 3. The lowest BCUT2D eigenvalue weighted by Gasteiger charge is -2.07. The number of benzene rings is 1. The van der Waals surface area contributed by atoms with Crippen molar-refractivity contribution in [2.45, 2.75) is 32.7 Å². The van der Waals surface area contributed by atoms with E-state index in [9.17, 15) is 4.39 Å². The minimum Gasteiger partial charge on any atom is -0.489 e. The van der Waals surface area contributed by atoms with Crippen molar-refractivity contribution in [2.75, 3.05) is 13.2 Å². The number of imidazole rings is 1. The molecule has 1 heterocycles. The molecule has 0 radical (unpaired) electrons. The third kappa shape index (κ3) is 5.19. The number of nitrogens with zero attached hydrogens (tertiary/aromatic N) is 1. The largest absolute Gasteiger partial charge is 0.489 e. The number of rotatable bonds is 9. The van der Waals surface area contributed by atoms with Gasteiger partial charge in [0.05, 0.1) is 0 Å². The number of aryl methyl sites for hydroxylation is 1. The topological polar surface area (TPSA) is 49.9 Å². The number of para-hydroxylation sites is 1. The predicted molar refractivity (Wildman–Crippen MR) is 80.8 cm³/mol. The van der Waals surface area contributed by atoms with Crippen molar-refractivity contribution in [1.29, 1.82) is 0 Å². The Morgan fingerprint density at radius 3 is 3.00 bits per heavy atom. The summed E-state index contributed by atoms with van der Waals surface area (Å²) in [4.78, 5) is 7.63. The fourth-order valence-corrected chi connectivity index (χ4v) is 1.98. The van der Waals surface area contributed by atoms with Gasteiger partial charge >= 0.3 is 0 Å². The van der Waals surface area contributed by atoms with Crippen molar-refractivity contribution in [1.82, 2.24) is 15.3 Å². The third-order valence-electron chi connectivity index (χ3n) is 3.14. The predicted octanol–water partition coefficient (Wildman–Crippen LogP) is 3.06. The molecule has 0 spiro atoms. The zero-order valence-corrected chi connectivity index (χ0v) is 12.4. The van der Waals surface area contributed by atoms with Gasteiger partial charge in [0.25, 0.3) is 0 Å². The Hall–Kier alpha value is -1.88. The van der Waals surface area contributed by atoms with Gasteiger partial charge in [-0.3, -0.25) is 0 Å². The maximum Gasteiger partial charge on any atom is 0.165 e. The average molecular weight is 291 g/mol. The van der Waals surface area contributed by atoms with Gasteiger partial charge < -0.3 is 15.0 Å². The number of halogens is 1. The van der Waals surface area contributed by atoms with Crippen molar-refractivity contribution in [3.63, 3.8) is 0 Å². The summed E-state index contributed by atoms with van der Waals surface area (Å²) in [7, 11) is 0. The fourth-order valence-electron chi connectivity index (χ4n) is 1.98. The van der Waals surface area contributed by atoms with Gasteiger partial charge in [-0.25, -0.2) is 9.37 Å². The molecule has 2 N–H and O–H groups in total. The summed E-state index contributed by atoms with van der Waals surface area (Å²) >= 11 is 0. The highest BCUT2D eigenvalue weighted by atomic mass is 19.1. The molecule has 0 atom stereocenters. The second kappa shape index (κ2) is 8.42. The van der Waals surface area contributed by atoms with E-state index in [2.05, 4.69) is 22.2 Å². The molecule has 21 heavy (non-hydrogen) atoms. The van der Waals surface area contributed by atoms with Crippen molar-refractivity contribution in [2.24, 2.45) is 0 Å². The molecule has 5 heteroatoms. The molecule has 0 amide bonds. The van der Waals surface area contributed by atoms with Crippen LogP contribution in [0.3, 0.4) is 0 Å². The van der Waals surface area contributed by atoms with Crippen molar-refractivity contribution < 1.29 is 9.13 Å². The molecule has 0 aliphatic rings. The zero-order valence-electron chi connectivity index (χ0n) is 12.4. The van der Waals surface area contributed by atoms with E-state index < -0.39 is 0 Å². The molecule has 1 aromatic carbocycles. The van der Waals surface area contributed by atoms with E-state index in [1.807, 2.05) is 6.20 Å². The summed E-state index contributed by atoms with van der Waals surface area (Å²) in [6, 6.07) is 6.43. The Bertz CT molecular complexity index is 542. The summed E-state index contributed by atoms with van der Waals surface area (Å²) < 4.78 is 18.7. The molecule has 1 aromatic heterocycles. The van der Waals surface area contributed by atoms with Crippen LogP contribution < -0.4 is 10.1 Å². The third-order valence-corrected chi connectivity index (χ3v) is 3.14. The van der Waals surface area contributed by atoms with E-state index >= 15 is 0 Å². The zero-order chi connectivity index (χ0) is 14.9. The van der Waals surface area contributed by atoms with E-state index in [0.717, 1.165) is 24.4 Å². The highest BCUT2D eigenvalue weighted by Crippen LogP contribution is 2.14. The number of aromatic amines is 1. The number of H-pyrrole nitrogens is 1. The van der Waals surface area contributed by atoms with Gasteiger partial charge in [0.15, 0.2) is 11.6 Å². The average Bonchev–Trinajstić information content (AvgIpc) is 2.94. The fraction of sp³-hybridized carbons (Fsp3) is 0.438. The SMILES string of the molecule is CCCCc1ncc(CNCCOc2ccccc2F)[nH]1. The van der Waals surface area contributed by atoms with Crippen LogP contribution in [0.15, 0.2) is 30.5 Å². The lowest BCUT2D eigenvalue weighted by molar-refractivity contribution is 0.298. The molecule has 0 fully saturated rings. The molecular formula is C16H22FN3O. The molecule has 0 aliphatic heterocycles. The molecule has 114 valence electrons. The summed E-state index contributed by atoms with van der Waals surface area (Å²) in [6.07, 6.45) is 5.17. The summed E-state index contributed by atoms with van der Waals surface area (Å²) in [5.74, 6) is 1.01. The van der Waals surface area contributed by atoms with E-state index in [4.69, 9.17) is 4.74 Å². The van der Waals surface area contributed by atoms with E-state index in [0.29, 0.717) is 25.4 Å². The maximum atomic E-state index is 13.3. The Morgan fingerprint density at radius 1 is 1.33 bits per heavy atom. The summed E-state index contributed by atoms with van der Waals surface area (Å²) in [6.45, 7) is 3.95. The highest BCUT2D eigenvalue weighted by molar-refractivity contribution is 5.23. The van der Waals surface area contributed by atoms with Crippen LogP contribution >= 0.6 is 0 Å². The molecule has 0 aliphatic carbocycles. The molecule has 2 rings (SSSR count). The van der Waals surface area contributed by atoms with Gasteiger partial charge in [0.1, 0.15) is 12.4 Å². The van der Waals surface area contributed by atoms with Crippen molar-refractivity contribution in [3.8, 4) is 5.75 Å². The van der Waals surface area contributed by atoms with Gasteiger partial charge in [-0.15, -0.1) is 0 Å². The van der Waals surface area contributed by atoms with Gasteiger partial charge in [-0.1, -0.05) is 25.5 Å². The van der Waals surface area contributed by atoms with Crippen LogP contribution in [-0.2, 0) is 13.0 Å². The standard InChI is InChI=1S/C16H22FN3O/c1-2-3-8-16-19-12-13(20-16)11-18-9-10-21-15-7-5-4-6-14(15)17/h4-7,12,18H,2-3,8-11H2,1H3,(H,19,20). The van der Waals surface area contributed by atoms with Crippen molar-refractivity contribution >= 4 is 0 Å². The smallest absolute Gasteiger partial charge is 0.165 e. The maximum absolute atomic E-state index is 13.3. The first-order chi connectivity index (χ1) is 10.3. The highest BCUT2D eigenvalue weighted by Gasteiger charge is 2.02. The number of nitrogens with one attached hydrogen (secondary N) is 2. The van der Waals surface area contributed by atoms with Crippen LogP contribution in [0.4, 0.5) is 4.39 Å². The number of hydrogen-bond donors (Lipinski definition) is 2. The first kappa shape index (κ1) is 15.5. The molecule has 2 aromatic rings. The second-order valence-corrected chi connectivity index (χ2v) is 4.91. The van der Waals surface area contributed by atoms with Crippen LogP contribution in [0.1, 0.15) is 31.3 Å². The number of ether oxygens (including phenoxy) is 1. The summed E-state index contributed by atoms with van der Waals surface area (Å²) in [5, 5.41) is 3.24. The Balaban J connectivity index is 1.63. The monoisotopic (exact) mass is 291 g/mol. The van der Waals surface area contributed by atoms with Gasteiger partial charge in [0, 0.05) is 31.4 Å². The minimum absolute atomic E-state index is 0.294. The molecule has 0 saturated carbocycles. The molecule has 0 unspecified atom stereocenters. The van der Waals surface area contributed by atoms with Crippen LogP contribution in [-0.4, -0.2) is 23.1 Å². The van der Waals surface area contributed by atoms with Crippen LogP contribution in [0.5, 0.6) is 5.75 Å². The Labute approximate surface area is 124 Å². The first-order valence-electron chi connectivity index (χ1n) is 7.40. The lowest BCUT2D eigenvalue weighted by atomic mass is 10.2. The number of unbranched alkanes of at least 4 members (excludes halogenated alkanes) is 1. The van der Waals surface area contributed by atoms with Gasteiger partial charge in [0.2, 0.25) is 0 Å². The molecule has 0 saturated heterocycles. The van der Waals surface area contributed by atoms with E-state index in [-0.39, 0.29) is 5.82 Å². The van der Waals surface area contributed by atoms with Gasteiger partial charge in [-0.05, 0) is 18.6 Å². The van der Waals surface area contributed by atoms with Gasteiger partial charge in [-0.2, -0.15) is 0 Å². The van der Waals surface area contributed by atoms with Crippen molar-refractivity contribution in [3.05, 3.63) is 47.8 Å². The Kier molecular flexibility index (Phi) is 6.22. The van der Waals surface area contributed by atoms with E-state index in [1.54, 1.807) is 18.2 Å². The van der Waals surface area contributed by atoms with Crippen LogP contribution in [0.2, 0.25) is 0 Å². The Morgan fingerprint density at radius 2 is 2.19 bits per heavy atom. The number of aromatic nitrogens is 2. The molecular weight excluding hydrogens is 269 g/mol. The second-order valence-electron chi connectivity index (χ2n) is 4.91. The minimum atomic E-state index is -0.327. The van der Waals surface area contributed by atoms with Crippen LogP contribution in [0, 0.1) is 5.82 Å². The first-order valence-corrected chi connectivity index (χ1v) is 7.40.